The molecule has 26 heavy (non-hydrogen) atoms. The van der Waals surface area contributed by atoms with Crippen molar-refractivity contribution in [1.82, 2.24) is 5.43 Å². The van der Waals surface area contributed by atoms with Gasteiger partial charge in [-0.25, -0.2) is 0 Å². The van der Waals surface area contributed by atoms with Crippen LogP contribution >= 0.6 is 35.4 Å². The van der Waals surface area contributed by atoms with Crippen molar-refractivity contribution in [3.63, 3.8) is 0 Å². The zero-order chi connectivity index (χ0) is 19.1. The van der Waals surface area contributed by atoms with E-state index >= 15 is 0 Å². The van der Waals surface area contributed by atoms with Crippen molar-refractivity contribution in [2.75, 3.05) is 26.6 Å². The molecule has 2 N–H and O–H groups in total. The van der Waals surface area contributed by atoms with Gasteiger partial charge in [0.05, 0.1) is 43.3 Å². The van der Waals surface area contributed by atoms with Crippen LogP contribution in [0.25, 0.3) is 0 Å². The van der Waals surface area contributed by atoms with Crippen LogP contribution in [-0.2, 0) is 0 Å². The van der Waals surface area contributed by atoms with Crippen LogP contribution < -0.4 is 25.0 Å². The van der Waals surface area contributed by atoms with E-state index in [1.165, 1.54) is 0 Å². The van der Waals surface area contributed by atoms with E-state index < -0.39 is 0 Å². The van der Waals surface area contributed by atoms with Crippen molar-refractivity contribution < 1.29 is 14.2 Å². The average Bonchev–Trinajstić information content (AvgIpc) is 2.64. The van der Waals surface area contributed by atoms with Crippen LogP contribution in [0.15, 0.2) is 35.4 Å². The van der Waals surface area contributed by atoms with Crippen LogP contribution in [-0.4, -0.2) is 32.7 Å². The number of hydrogen-bond acceptors (Lipinski definition) is 5. The second kappa shape index (κ2) is 9.47. The molecule has 0 saturated heterocycles. The number of benzene rings is 2. The largest absolute Gasteiger partial charge is 0.493 e. The van der Waals surface area contributed by atoms with Gasteiger partial charge in [0.25, 0.3) is 0 Å². The maximum atomic E-state index is 6.10. The molecule has 0 aliphatic rings. The van der Waals surface area contributed by atoms with Crippen LogP contribution in [0.3, 0.4) is 0 Å². The Balaban J connectivity index is 2.08. The summed E-state index contributed by atoms with van der Waals surface area (Å²) in [5.41, 5.74) is 4.02. The van der Waals surface area contributed by atoms with Crippen molar-refractivity contribution in [2.45, 2.75) is 0 Å². The Labute approximate surface area is 167 Å². The van der Waals surface area contributed by atoms with E-state index in [0.29, 0.717) is 33.0 Å². The second-order valence-electron chi connectivity index (χ2n) is 4.88. The lowest BCUT2D eigenvalue weighted by molar-refractivity contribution is 0.324. The van der Waals surface area contributed by atoms with Crippen LogP contribution in [0, 0.1) is 0 Å². The van der Waals surface area contributed by atoms with Gasteiger partial charge in [0, 0.05) is 5.56 Å². The van der Waals surface area contributed by atoms with E-state index in [2.05, 4.69) is 15.8 Å². The van der Waals surface area contributed by atoms with Gasteiger partial charge in [-0.2, -0.15) is 5.10 Å². The van der Waals surface area contributed by atoms with Crippen LogP contribution in [0.5, 0.6) is 17.2 Å². The molecular formula is C17H17Cl2N3O3S. The number of anilines is 1. The van der Waals surface area contributed by atoms with Gasteiger partial charge < -0.3 is 19.5 Å². The molecule has 2 aromatic carbocycles. The molecule has 0 amide bonds. The third-order valence-electron chi connectivity index (χ3n) is 3.27. The van der Waals surface area contributed by atoms with Crippen LogP contribution in [0.1, 0.15) is 5.56 Å². The number of nitrogens with one attached hydrogen (secondary N) is 2. The summed E-state index contributed by atoms with van der Waals surface area (Å²) in [6.45, 7) is 0. The smallest absolute Gasteiger partial charge is 0.203 e. The molecule has 0 bridgehead atoms. The summed E-state index contributed by atoms with van der Waals surface area (Å²) in [5, 5.41) is 8.09. The first-order chi connectivity index (χ1) is 12.5. The monoisotopic (exact) mass is 413 g/mol. The summed E-state index contributed by atoms with van der Waals surface area (Å²) in [5.74, 6) is 1.56. The molecule has 0 fully saturated rings. The number of rotatable bonds is 6. The Kier molecular flexibility index (Phi) is 7.32. The minimum atomic E-state index is 0.262. The number of methoxy groups -OCH3 is 3. The summed E-state index contributed by atoms with van der Waals surface area (Å²) in [6.07, 6.45) is 1.57. The normalized spacial score (nSPS) is 10.5. The Morgan fingerprint density at radius 3 is 2.31 bits per heavy atom. The first-order valence-corrected chi connectivity index (χ1v) is 8.50. The third kappa shape index (κ3) is 4.91. The predicted molar refractivity (Wildman–Crippen MR) is 110 cm³/mol. The van der Waals surface area contributed by atoms with Crippen molar-refractivity contribution in [2.24, 2.45) is 5.10 Å². The summed E-state index contributed by atoms with van der Waals surface area (Å²) in [4.78, 5) is 0. The van der Waals surface area contributed by atoms with Crippen LogP contribution in [0.2, 0.25) is 10.0 Å². The molecular weight excluding hydrogens is 397 g/mol. The Bertz CT molecular complexity index is 806. The molecule has 0 spiro atoms. The Hall–Kier alpha value is -2.22. The molecule has 9 heteroatoms. The molecule has 0 unspecified atom stereocenters. The number of hydrazone groups is 1. The standard InChI is InChI=1S/C17H17Cl2N3O3S/c1-23-13-7-10(8-14(24-2)16(13)25-3)9-20-22-17(26)21-12-6-4-5-11(18)15(12)19/h4-9H,1-3H3,(H2,21,22,26)/b20-9-. The lowest BCUT2D eigenvalue weighted by atomic mass is 10.2. The van der Waals surface area contributed by atoms with Gasteiger partial charge in [0.2, 0.25) is 5.75 Å². The minimum Gasteiger partial charge on any atom is -0.493 e. The molecule has 0 heterocycles. The molecule has 138 valence electrons. The molecule has 0 radical (unpaired) electrons. The van der Waals surface area contributed by atoms with Gasteiger partial charge in [-0.15, -0.1) is 0 Å². The molecule has 0 saturated carbocycles. The molecule has 2 aromatic rings. The first-order valence-electron chi connectivity index (χ1n) is 7.34. The van der Waals surface area contributed by atoms with E-state index in [1.54, 1.807) is 57.9 Å². The van der Waals surface area contributed by atoms with Crippen molar-refractivity contribution in [3.05, 3.63) is 45.9 Å². The lowest BCUT2D eigenvalue weighted by Crippen LogP contribution is -2.24. The van der Waals surface area contributed by atoms with Crippen molar-refractivity contribution in [1.29, 1.82) is 0 Å². The van der Waals surface area contributed by atoms with E-state index in [0.717, 1.165) is 5.56 Å². The quantitative estimate of drug-likeness (QED) is 0.417. The zero-order valence-electron chi connectivity index (χ0n) is 14.3. The van der Waals surface area contributed by atoms with Gasteiger partial charge in [-0.1, -0.05) is 29.3 Å². The molecule has 0 atom stereocenters. The van der Waals surface area contributed by atoms with Crippen molar-refractivity contribution >= 4 is 52.4 Å². The maximum Gasteiger partial charge on any atom is 0.203 e. The Morgan fingerprint density at radius 2 is 1.73 bits per heavy atom. The fourth-order valence-corrected chi connectivity index (χ4v) is 2.60. The first kappa shape index (κ1) is 20.1. The molecule has 6 nitrogen and oxygen atoms in total. The van der Waals surface area contributed by atoms with E-state index in [4.69, 9.17) is 49.6 Å². The highest BCUT2D eigenvalue weighted by Gasteiger charge is 2.12. The number of nitrogens with zero attached hydrogens (tertiary/aromatic N) is 1. The van der Waals surface area contributed by atoms with Gasteiger partial charge in [-0.05, 0) is 36.5 Å². The van der Waals surface area contributed by atoms with E-state index in [1.807, 2.05) is 0 Å². The summed E-state index contributed by atoms with van der Waals surface area (Å²) in [7, 11) is 4.63. The van der Waals surface area contributed by atoms with Gasteiger partial charge in [0.15, 0.2) is 16.6 Å². The third-order valence-corrected chi connectivity index (χ3v) is 4.28. The predicted octanol–water partition coefficient (Wildman–Crippen LogP) is 4.34. The highest BCUT2D eigenvalue weighted by molar-refractivity contribution is 7.80. The van der Waals surface area contributed by atoms with Crippen molar-refractivity contribution in [3.8, 4) is 17.2 Å². The molecule has 0 aliphatic heterocycles. The summed E-state index contributed by atoms with van der Waals surface area (Å²) >= 11 is 17.3. The molecule has 2 rings (SSSR count). The number of hydrogen-bond donors (Lipinski definition) is 2. The zero-order valence-corrected chi connectivity index (χ0v) is 16.6. The van der Waals surface area contributed by atoms with E-state index in [9.17, 15) is 0 Å². The highest BCUT2D eigenvalue weighted by atomic mass is 35.5. The molecule has 0 aromatic heterocycles. The number of thiocarbonyl (C=S) groups is 1. The lowest BCUT2D eigenvalue weighted by Gasteiger charge is -2.12. The molecule has 0 aliphatic carbocycles. The SMILES string of the molecule is COc1cc(/C=N\NC(=S)Nc2cccc(Cl)c2Cl)cc(OC)c1OC. The second-order valence-corrected chi connectivity index (χ2v) is 6.08. The summed E-state index contributed by atoms with van der Waals surface area (Å²) < 4.78 is 15.9. The average molecular weight is 414 g/mol. The van der Waals surface area contributed by atoms with Gasteiger partial charge in [-0.3, -0.25) is 5.43 Å². The fraction of sp³-hybridized carbons (Fsp3) is 0.176. The number of halogens is 2. The topological polar surface area (TPSA) is 64.1 Å². The van der Waals surface area contributed by atoms with Crippen LogP contribution in [0.4, 0.5) is 5.69 Å². The van der Waals surface area contributed by atoms with Gasteiger partial charge in [0.1, 0.15) is 0 Å². The maximum absolute atomic E-state index is 6.10. The highest BCUT2D eigenvalue weighted by Crippen LogP contribution is 2.37. The number of ether oxygens (including phenoxy) is 3. The van der Waals surface area contributed by atoms with Gasteiger partial charge >= 0.3 is 0 Å². The van der Waals surface area contributed by atoms with E-state index in [-0.39, 0.29) is 5.11 Å². The fourth-order valence-electron chi connectivity index (χ4n) is 2.09. The minimum absolute atomic E-state index is 0.262. The summed E-state index contributed by atoms with van der Waals surface area (Å²) in [6, 6.07) is 8.73. The Morgan fingerprint density at radius 1 is 1.08 bits per heavy atom.